The van der Waals surface area contributed by atoms with Crippen LogP contribution in [0.5, 0.6) is 0 Å². The van der Waals surface area contributed by atoms with Crippen molar-refractivity contribution in [3.8, 4) is 11.8 Å². The van der Waals surface area contributed by atoms with E-state index in [1.165, 1.54) is 6.92 Å². The number of amides is 1. The molecule has 1 aliphatic carbocycles. The number of carbonyl (C=O) groups is 5. The van der Waals surface area contributed by atoms with Gasteiger partial charge in [0.25, 0.3) is 0 Å². The molecule has 7 nitrogen and oxygen atoms in total. The first-order valence-electron chi connectivity index (χ1n) is 6.54. The number of Topliss-reactive ketones (excluding diaryl/α,β-unsaturated/α-hetero) is 3. The topological polar surface area (TPSA) is 109 Å². The van der Waals surface area contributed by atoms with Crippen LogP contribution in [0.3, 0.4) is 0 Å². The molecule has 2 atom stereocenters. The van der Waals surface area contributed by atoms with Gasteiger partial charge in [0.1, 0.15) is 5.92 Å². The van der Waals surface area contributed by atoms with E-state index >= 15 is 0 Å². The number of hydrogen-bond donors (Lipinski definition) is 2. The molecule has 0 aromatic carbocycles. The number of likely N-dealkylation sites (N-methyl/N-ethyl adjacent to an activating group) is 1. The molecule has 118 valence electrons. The Morgan fingerprint density at radius 3 is 2.55 bits per heavy atom. The van der Waals surface area contributed by atoms with E-state index in [1.54, 1.807) is 7.05 Å². The highest BCUT2D eigenvalue weighted by atomic mass is 32.2. The molecule has 1 amide bonds. The standard InChI is InChI=1S/C14H16N2O5S/c1-8(17)22-12-5-9(18)3-4-10(14(12)21)11(19)6-16-13(20)7-15-2/h10,12,15H,5-7H2,1-2H3,(H,16,20)/t10?,12-/m0/s1. The van der Waals surface area contributed by atoms with Crippen LogP contribution in [-0.2, 0) is 24.0 Å². The fourth-order valence-corrected chi connectivity index (χ4v) is 2.67. The second-order valence-electron chi connectivity index (χ2n) is 4.60. The lowest BCUT2D eigenvalue weighted by atomic mass is 9.97. The van der Waals surface area contributed by atoms with E-state index in [4.69, 9.17) is 0 Å². The molecule has 0 saturated carbocycles. The van der Waals surface area contributed by atoms with Crippen LogP contribution in [0.2, 0.25) is 0 Å². The molecule has 22 heavy (non-hydrogen) atoms. The quantitative estimate of drug-likeness (QED) is 0.355. The molecular weight excluding hydrogens is 308 g/mol. The second kappa shape index (κ2) is 8.46. The Kier molecular flexibility index (Phi) is 6.95. The van der Waals surface area contributed by atoms with Crippen molar-refractivity contribution < 1.29 is 24.0 Å². The van der Waals surface area contributed by atoms with Gasteiger partial charge < -0.3 is 10.6 Å². The molecule has 1 unspecified atom stereocenters. The summed E-state index contributed by atoms with van der Waals surface area (Å²) < 4.78 is 0. The van der Waals surface area contributed by atoms with E-state index in [0.717, 1.165) is 0 Å². The van der Waals surface area contributed by atoms with Crippen LogP contribution < -0.4 is 10.6 Å². The summed E-state index contributed by atoms with van der Waals surface area (Å²) in [6.45, 7) is 0.971. The van der Waals surface area contributed by atoms with Crippen molar-refractivity contribution in [3.63, 3.8) is 0 Å². The predicted octanol–water partition coefficient (Wildman–Crippen LogP) is -1.30. The van der Waals surface area contributed by atoms with E-state index in [-0.39, 0.29) is 24.6 Å². The third-order valence-corrected chi connectivity index (χ3v) is 3.77. The van der Waals surface area contributed by atoms with E-state index in [0.29, 0.717) is 11.8 Å². The molecule has 8 heteroatoms. The highest BCUT2D eigenvalue weighted by Crippen LogP contribution is 2.22. The number of nitrogens with one attached hydrogen (secondary N) is 2. The summed E-state index contributed by atoms with van der Waals surface area (Å²) in [4.78, 5) is 58.3. The Balaban J connectivity index is 2.78. The van der Waals surface area contributed by atoms with Gasteiger partial charge in [0.2, 0.25) is 11.7 Å². The minimum atomic E-state index is -1.29. The summed E-state index contributed by atoms with van der Waals surface area (Å²) in [6.07, 6.45) is -0.189. The Labute approximate surface area is 132 Å². The van der Waals surface area contributed by atoms with Gasteiger partial charge in [0.15, 0.2) is 16.7 Å². The second-order valence-corrected chi connectivity index (χ2v) is 5.98. The third kappa shape index (κ3) is 5.42. The van der Waals surface area contributed by atoms with Gasteiger partial charge in [0.05, 0.1) is 18.3 Å². The summed E-state index contributed by atoms with van der Waals surface area (Å²) in [5.74, 6) is 1.27. The molecule has 0 aromatic rings. The number of rotatable bonds is 6. The van der Waals surface area contributed by atoms with Crippen LogP contribution >= 0.6 is 11.8 Å². The summed E-state index contributed by atoms with van der Waals surface area (Å²) in [6, 6.07) is 0. The highest BCUT2D eigenvalue weighted by Gasteiger charge is 2.35. The first kappa shape index (κ1) is 18.1. The van der Waals surface area contributed by atoms with Crippen LogP contribution in [0.1, 0.15) is 13.3 Å². The maximum absolute atomic E-state index is 12.3. The van der Waals surface area contributed by atoms with Crippen molar-refractivity contribution in [1.82, 2.24) is 10.6 Å². The summed E-state index contributed by atoms with van der Waals surface area (Å²) in [7, 11) is 1.58. The highest BCUT2D eigenvalue weighted by molar-refractivity contribution is 8.14. The van der Waals surface area contributed by atoms with Crippen LogP contribution in [0.25, 0.3) is 0 Å². The lowest BCUT2D eigenvalue weighted by Gasteiger charge is -2.14. The SMILES string of the molecule is CNCC(=O)NCC(=O)C1C#CC(=O)C[C@H](SC(C)=O)C1=O. The lowest BCUT2D eigenvalue weighted by Crippen LogP contribution is -2.40. The Hall–Kier alpha value is -1.98. The van der Waals surface area contributed by atoms with Crippen LogP contribution in [0.4, 0.5) is 0 Å². The van der Waals surface area contributed by atoms with E-state index < -0.39 is 34.4 Å². The van der Waals surface area contributed by atoms with Crippen molar-refractivity contribution in [2.75, 3.05) is 20.1 Å². The molecule has 0 fully saturated rings. The molecule has 0 radical (unpaired) electrons. The summed E-state index contributed by atoms with van der Waals surface area (Å²) >= 11 is 0.715. The van der Waals surface area contributed by atoms with Crippen molar-refractivity contribution in [3.05, 3.63) is 0 Å². The van der Waals surface area contributed by atoms with Crippen LogP contribution in [0.15, 0.2) is 0 Å². The third-order valence-electron chi connectivity index (χ3n) is 2.76. The molecule has 0 bridgehead atoms. The van der Waals surface area contributed by atoms with Crippen molar-refractivity contribution >= 4 is 40.1 Å². The van der Waals surface area contributed by atoms with Crippen molar-refractivity contribution in [2.45, 2.75) is 18.6 Å². The minimum absolute atomic E-state index is 0.0405. The number of thioether (sulfide) groups is 1. The van der Waals surface area contributed by atoms with Crippen LogP contribution in [0, 0.1) is 17.8 Å². The van der Waals surface area contributed by atoms with Gasteiger partial charge in [-0.15, -0.1) is 0 Å². The average Bonchev–Trinajstić information content (AvgIpc) is 2.56. The van der Waals surface area contributed by atoms with Gasteiger partial charge in [-0.3, -0.25) is 24.0 Å². The number of carbonyl (C=O) groups excluding carboxylic acids is 5. The van der Waals surface area contributed by atoms with Gasteiger partial charge in [-0.25, -0.2) is 0 Å². The molecule has 0 saturated heterocycles. The van der Waals surface area contributed by atoms with Gasteiger partial charge in [0, 0.05) is 13.3 Å². The molecule has 2 N–H and O–H groups in total. The molecule has 0 aromatic heterocycles. The average molecular weight is 324 g/mol. The first-order valence-corrected chi connectivity index (χ1v) is 7.42. The lowest BCUT2D eigenvalue weighted by molar-refractivity contribution is -0.132. The fraction of sp³-hybridized carbons (Fsp3) is 0.500. The molecule has 1 rings (SSSR count). The molecule has 0 aliphatic heterocycles. The predicted molar refractivity (Wildman–Crippen MR) is 79.9 cm³/mol. The van der Waals surface area contributed by atoms with E-state index in [1.807, 2.05) is 0 Å². The monoisotopic (exact) mass is 324 g/mol. The zero-order valence-corrected chi connectivity index (χ0v) is 13.0. The van der Waals surface area contributed by atoms with Gasteiger partial charge in [-0.2, -0.15) is 0 Å². The smallest absolute Gasteiger partial charge is 0.234 e. The number of hydrogen-bond acceptors (Lipinski definition) is 7. The molecular formula is C14H16N2O5S. The van der Waals surface area contributed by atoms with Gasteiger partial charge in [-0.1, -0.05) is 17.7 Å². The normalized spacial score (nSPS) is 20.6. The maximum Gasteiger partial charge on any atom is 0.234 e. The Bertz CT molecular complexity index is 576. The first-order chi connectivity index (χ1) is 10.3. The maximum atomic E-state index is 12.3. The van der Waals surface area contributed by atoms with Gasteiger partial charge in [-0.05, 0) is 13.0 Å². The largest absolute Gasteiger partial charge is 0.348 e. The minimum Gasteiger partial charge on any atom is -0.348 e. The summed E-state index contributed by atoms with van der Waals surface area (Å²) in [5.41, 5.74) is 0. The Morgan fingerprint density at radius 1 is 1.27 bits per heavy atom. The van der Waals surface area contributed by atoms with Crippen molar-refractivity contribution in [2.24, 2.45) is 5.92 Å². The zero-order valence-electron chi connectivity index (χ0n) is 12.2. The molecule has 0 spiro atoms. The van der Waals surface area contributed by atoms with E-state index in [9.17, 15) is 24.0 Å². The molecule has 1 aliphatic rings. The van der Waals surface area contributed by atoms with Gasteiger partial charge >= 0.3 is 0 Å². The van der Waals surface area contributed by atoms with E-state index in [2.05, 4.69) is 22.5 Å². The number of ketones is 3. The fourth-order valence-electron chi connectivity index (χ4n) is 1.78. The Morgan fingerprint density at radius 2 is 1.95 bits per heavy atom. The van der Waals surface area contributed by atoms with Crippen LogP contribution in [-0.4, -0.2) is 53.8 Å². The van der Waals surface area contributed by atoms with Crippen molar-refractivity contribution in [1.29, 1.82) is 0 Å². The molecule has 0 heterocycles. The zero-order chi connectivity index (χ0) is 16.7. The summed E-state index contributed by atoms with van der Waals surface area (Å²) in [5, 5.41) is 3.74.